The topological polar surface area (TPSA) is 110 Å². The van der Waals surface area contributed by atoms with Crippen LogP contribution in [0.25, 0.3) is 11.3 Å². The first-order valence-electron chi connectivity index (χ1n) is 11.7. The van der Waals surface area contributed by atoms with Crippen molar-refractivity contribution in [2.75, 3.05) is 18.4 Å². The average Bonchev–Trinajstić information content (AvgIpc) is 3.60. The minimum Gasteiger partial charge on any atom is -0.383 e. The van der Waals surface area contributed by atoms with E-state index < -0.39 is 0 Å². The van der Waals surface area contributed by atoms with Gasteiger partial charge in [-0.2, -0.15) is 4.99 Å². The van der Waals surface area contributed by atoms with Gasteiger partial charge in [0.15, 0.2) is 0 Å². The number of nitrogens with one attached hydrogen (secondary N) is 2. The third kappa shape index (κ3) is 4.57. The second-order valence-corrected chi connectivity index (χ2v) is 8.74. The van der Waals surface area contributed by atoms with Gasteiger partial charge in [-0.3, -0.25) is 9.79 Å². The normalized spacial score (nSPS) is 16.2. The predicted octanol–water partition coefficient (Wildman–Crippen LogP) is 3.44. The molecule has 174 valence electrons. The Morgan fingerprint density at radius 3 is 2.76 bits per heavy atom. The van der Waals surface area contributed by atoms with E-state index in [1.807, 2.05) is 49.4 Å². The number of amidine groups is 1. The molecule has 0 saturated heterocycles. The van der Waals surface area contributed by atoms with Crippen molar-refractivity contribution < 1.29 is 4.79 Å². The van der Waals surface area contributed by atoms with Gasteiger partial charge in [0.2, 0.25) is 5.96 Å². The number of aliphatic imine (C=N–C) groups is 2. The Hall–Kier alpha value is -3.94. The molecule has 0 radical (unpaired) electrons. The molecule has 1 amide bonds. The first-order chi connectivity index (χ1) is 16.5. The largest absolute Gasteiger partial charge is 0.383 e. The number of fused-ring (bicyclic) bond motifs is 1. The van der Waals surface area contributed by atoms with E-state index >= 15 is 0 Å². The number of nitrogens with two attached hydrogens (primary N) is 1. The fourth-order valence-electron chi connectivity index (χ4n) is 4.22. The van der Waals surface area contributed by atoms with Crippen molar-refractivity contribution in [3.63, 3.8) is 0 Å². The van der Waals surface area contributed by atoms with Gasteiger partial charge in [0.25, 0.3) is 5.91 Å². The second kappa shape index (κ2) is 9.13. The molecule has 8 heteroatoms. The molecule has 2 aromatic carbocycles. The zero-order valence-electron chi connectivity index (χ0n) is 19.5. The third-order valence-electron chi connectivity index (χ3n) is 6.15. The van der Waals surface area contributed by atoms with Crippen LogP contribution in [0.15, 0.2) is 58.6 Å². The maximum absolute atomic E-state index is 12.0. The highest BCUT2D eigenvalue weighted by Crippen LogP contribution is 2.39. The summed E-state index contributed by atoms with van der Waals surface area (Å²) in [4.78, 5) is 25.8. The lowest BCUT2D eigenvalue weighted by atomic mass is 10.00. The van der Waals surface area contributed by atoms with Crippen molar-refractivity contribution >= 4 is 23.4 Å². The van der Waals surface area contributed by atoms with Crippen LogP contribution < -0.4 is 16.4 Å². The zero-order chi connectivity index (χ0) is 23.7. The van der Waals surface area contributed by atoms with Gasteiger partial charge < -0.3 is 20.9 Å². The van der Waals surface area contributed by atoms with Gasteiger partial charge in [0.1, 0.15) is 11.7 Å². The Morgan fingerprint density at radius 2 is 2.03 bits per heavy atom. The Labute approximate surface area is 199 Å². The predicted molar refractivity (Wildman–Crippen MR) is 135 cm³/mol. The number of carbonyl (C=O) groups excluding carboxylic acids is 1. The molecule has 1 aliphatic carbocycles. The van der Waals surface area contributed by atoms with Crippen LogP contribution in [0, 0.1) is 0 Å². The van der Waals surface area contributed by atoms with E-state index in [2.05, 4.69) is 38.4 Å². The number of hydrogen-bond donors (Lipinski definition) is 3. The molecule has 1 aromatic heterocycles. The SMILES string of the molecule is CCN=C(/N=C(\N)c1ccc(-c2cn(C)c(C3CC3)n2)cc1)Nc1ccc2c(c1)CCNC2=O. The number of anilines is 1. The molecule has 1 saturated carbocycles. The number of guanidine groups is 1. The fraction of sp³-hybridized carbons (Fsp3) is 0.308. The fourth-order valence-corrected chi connectivity index (χ4v) is 4.22. The highest BCUT2D eigenvalue weighted by atomic mass is 16.1. The molecule has 0 bridgehead atoms. The van der Waals surface area contributed by atoms with Crippen LogP contribution >= 0.6 is 0 Å². The maximum atomic E-state index is 12.0. The van der Waals surface area contributed by atoms with Crippen LogP contribution in [0.1, 0.15) is 53.0 Å². The third-order valence-corrected chi connectivity index (χ3v) is 6.15. The van der Waals surface area contributed by atoms with Crippen LogP contribution in [0.2, 0.25) is 0 Å². The van der Waals surface area contributed by atoms with Gasteiger partial charge in [0, 0.05) is 54.6 Å². The van der Waals surface area contributed by atoms with E-state index in [1.165, 1.54) is 12.8 Å². The standard InChI is InChI=1S/C26H29N7O/c1-3-28-26(30-20-10-11-21-19(14-20)12-13-29-25(21)34)32-23(27)17-6-4-16(5-7-17)22-15-33(2)24(31-22)18-8-9-18/h4-7,10-11,14-15,18H,3,8-9,12-13H2,1-2H3,(H,29,34)(H3,27,28,30,32). The van der Waals surface area contributed by atoms with Gasteiger partial charge in [0.05, 0.1) is 5.69 Å². The summed E-state index contributed by atoms with van der Waals surface area (Å²) < 4.78 is 2.13. The van der Waals surface area contributed by atoms with E-state index in [4.69, 9.17) is 10.7 Å². The number of nitrogens with zero attached hydrogens (tertiary/aromatic N) is 4. The van der Waals surface area contributed by atoms with Crippen LogP contribution in [0.5, 0.6) is 0 Å². The van der Waals surface area contributed by atoms with E-state index in [-0.39, 0.29) is 5.91 Å². The van der Waals surface area contributed by atoms with Crippen LogP contribution in [-0.2, 0) is 13.5 Å². The molecule has 2 aliphatic rings. The Morgan fingerprint density at radius 1 is 1.24 bits per heavy atom. The summed E-state index contributed by atoms with van der Waals surface area (Å²) in [7, 11) is 2.06. The molecule has 0 spiro atoms. The molecule has 8 nitrogen and oxygen atoms in total. The molecule has 4 N–H and O–H groups in total. The average molecular weight is 456 g/mol. The van der Waals surface area contributed by atoms with Gasteiger partial charge in [-0.25, -0.2) is 4.98 Å². The van der Waals surface area contributed by atoms with Crippen molar-refractivity contribution in [2.45, 2.75) is 32.1 Å². The van der Waals surface area contributed by atoms with Gasteiger partial charge in [-0.15, -0.1) is 0 Å². The highest BCUT2D eigenvalue weighted by molar-refractivity contribution is 6.08. The number of aromatic nitrogens is 2. The van der Waals surface area contributed by atoms with E-state index in [0.29, 0.717) is 36.4 Å². The first kappa shape index (κ1) is 21.9. The summed E-state index contributed by atoms with van der Waals surface area (Å²) in [6.45, 7) is 3.16. The number of amides is 1. The van der Waals surface area contributed by atoms with Gasteiger partial charge in [-0.05, 0) is 49.9 Å². The minimum absolute atomic E-state index is 0.0320. The number of benzene rings is 2. The van der Waals surface area contributed by atoms with Gasteiger partial charge in [-0.1, -0.05) is 24.3 Å². The molecular formula is C26H29N7O. The zero-order valence-corrected chi connectivity index (χ0v) is 19.5. The second-order valence-electron chi connectivity index (χ2n) is 8.74. The molecule has 34 heavy (non-hydrogen) atoms. The van der Waals surface area contributed by atoms with Crippen LogP contribution in [-0.4, -0.2) is 40.3 Å². The van der Waals surface area contributed by atoms with Crippen molar-refractivity contribution in [1.29, 1.82) is 0 Å². The van der Waals surface area contributed by atoms with E-state index in [0.717, 1.165) is 40.3 Å². The van der Waals surface area contributed by atoms with E-state index in [1.54, 1.807) is 0 Å². The molecule has 3 aromatic rings. The number of rotatable bonds is 5. The van der Waals surface area contributed by atoms with Crippen molar-refractivity contribution in [3.8, 4) is 11.3 Å². The smallest absolute Gasteiger partial charge is 0.251 e. The molecule has 5 rings (SSSR count). The molecule has 1 aliphatic heterocycles. The molecule has 0 unspecified atom stereocenters. The number of hydrogen-bond acceptors (Lipinski definition) is 3. The summed E-state index contributed by atoms with van der Waals surface area (Å²) in [5.74, 6) is 2.55. The molecule has 0 atom stereocenters. The Balaban J connectivity index is 1.33. The number of aryl methyl sites for hydroxylation is 1. The molecule has 2 heterocycles. The van der Waals surface area contributed by atoms with Crippen molar-refractivity contribution in [2.24, 2.45) is 22.8 Å². The quantitative estimate of drug-likeness (QED) is 0.404. The van der Waals surface area contributed by atoms with Gasteiger partial charge >= 0.3 is 0 Å². The minimum atomic E-state index is -0.0320. The number of carbonyl (C=O) groups is 1. The first-order valence-corrected chi connectivity index (χ1v) is 11.7. The van der Waals surface area contributed by atoms with E-state index in [9.17, 15) is 4.79 Å². The summed E-state index contributed by atoms with van der Waals surface area (Å²) >= 11 is 0. The lowest BCUT2D eigenvalue weighted by Gasteiger charge is -2.17. The Kier molecular flexibility index (Phi) is 5.88. The van der Waals surface area contributed by atoms with Crippen LogP contribution in [0.3, 0.4) is 0 Å². The van der Waals surface area contributed by atoms with Crippen molar-refractivity contribution in [3.05, 3.63) is 71.2 Å². The summed E-state index contributed by atoms with van der Waals surface area (Å²) in [5, 5.41) is 6.11. The molecular weight excluding hydrogens is 426 g/mol. The lowest BCUT2D eigenvalue weighted by Crippen LogP contribution is -2.31. The highest BCUT2D eigenvalue weighted by Gasteiger charge is 2.28. The summed E-state index contributed by atoms with van der Waals surface area (Å²) in [6.07, 6.45) is 5.34. The maximum Gasteiger partial charge on any atom is 0.251 e. The van der Waals surface area contributed by atoms with Crippen LogP contribution in [0.4, 0.5) is 5.69 Å². The summed E-state index contributed by atoms with van der Waals surface area (Å²) in [5.41, 5.74) is 11.7. The monoisotopic (exact) mass is 455 g/mol. The van der Waals surface area contributed by atoms with Crippen molar-refractivity contribution in [1.82, 2.24) is 14.9 Å². The molecule has 1 fully saturated rings. The number of imidazole rings is 1. The Bertz CT molecular complexity index is 1280. The lowest BCUT2D eigenvalue weighted by molar-refractivity contribution is 0.0946. The summed E-state index contributed by atoms with van der Waals surface area (Å²) in [6, 6.07) is 13.6.